The number of sulfonamides is 1. The van der Waals surface area contributed by atoms with Crippen molar-refractivity contribution in [3.05, 3.63) is 65.9 Å². The molecule has 2 heterocycles. The van der Waals surface area contributed by atoms with Gasteiger partial charge in [0.1, 0.15) is 5.82 Å². The molecule has 4 rings (SSSR count). The first-order valence-electron chi connectivity index (χ1n) is 10.0. The first-order valence-corrected chi connectivity index (χ1v) is 11.5. The van der Waals surface area contributed by atoms with E-state index in [0.29, 0.717) is 30.7 Å². The summed E-state index contributed by atoms with van der Waals surface area (Å²) in [5.74, 6) is 1.36. The molecule has 1 aromatic heterocycles. The van der Waals surface area contributed by atoms with Crippen molar-refractivity contribution >= 4 is 33.2 Å². The highest BCUT2D eigenvalue weighted by molar-refractivity contribution is 7.92. The molecule has 2 N–H and O–H groups in total. The number of hydrogen-bond acceptors (Lipinski definition) is 7. The van der Waals surface area contributed by atoms with E-state index in [2.05, 4.69) is 24.9 Å². The fourth-order valence-electron chi connectivity index (χ4n) is 3.22. The van der Waals surface area contributed by atoms with Crippen LogP contribution < -0.4 is 14.9 Å². The number of anilines is 4. The maximum absolute atomic E-state index is 12.6. The summed E-state index contributed by atoms with van der Waals surface area (Å²) in [4.78, 5) is 11.5. The Bertz CT molecular complexity index is 1140. The average Bonchev–Trinajstić information content (AvgIpc) is 2.75. The summed E-state index contributed by atoms with van der Waals surface area (Å²) in [6, 6.07) is 15.6. The molecule has 8 nitrogen and oxygen atoms in total. The number of aromatic nitrogens is 2. The van der Waals surface area contributed by atoms with Crippen LogP contribution >= 0.6 is 0 Å². The highest BCUT2D eigenvalue weighted by atomic mass is 32.2. The molecule has 0 bridgehead atoms. The van der Waals surface area contributed by atoms with Gasteiger partial charge < -0.3 is 15.0 Å². The molecule has 0 atom stereocenters. The number of rotatable bonds is 6. The second kappa shape index (κ2) is 8.91. The van der Waals surface area contributed by atoms with Crippen molar-refractivity contribution in [2.45, 2.75) is 18.7 Å². The van der Waals surface area contributed by atoms with Gasteiger partial charge in [0.2, 0.25) is 5.95 Å². The van der Waals surface area contributed by atoms with Gasteiger partial charge in [0.15, 0.2) is 0 Å². The monoisotopic (exact) mass is 439 g/mol. The third-order valence-electron chi connectivity index (χ3n) is 4.88. The van der Waals surface area contributed by atoms with Crippen LogP contribution in [0.5, 0.6) is 0 Å². The Kier molecular flexibility index (Phi) is 6.06. The third kappa shape index (κ3) is 5.31. The standard InChI is InChI=1S/C22H25N5O3S/c1-16-3-9-20(10-4-16)31(28,29)26-19-7-5-18(6-8-19)24-21-15-17(2)23-22(25-21)27-11-13-30-14-12-27/h3-10,15,26H,11-14H2,1-2H3,(H,23,24,25). The topological polar surface area (TPSA) is 96.5 Å². The molecule has 0 aliphatic carbocycles. The molecule has 1 saturated heterocycles. The Labute approximate surface area is 182 Å². The molecular weight excluding hydrogens is 414 g/mol. The molecule has 0 saturated carbocycles. The van der Waals surface area contributed by atoms with E-state index < -0.39 is 10.0 Å². The normalized spacial score (nSPS) is 14.3. The quantitative estimate of drug-likeness (QED) is 0.607. The summed E-state index contributed by atoms with van der Waals surface area (Å²) in [7, 11) is -3.63. The van der Waals surface area contributed by atoms with Crippen molar-refractivity contribution in [2.75, 3.05) is 41.2 Å². The number of aryl methyl sites for hydroxylation is 2. The van der Waals surface area contributed by atoms with Crippen molar-refractivity contribution in [1.29, 1.82) is 0 Å². The highest BCUT2D eigenvalue weighted by Gasteiger charge is 2.16. The Morgan fingerprint density at radius 1 is 0.903 bits per heavy atom. The molecule has 9 heteroatoms. The minimum Gasteiger partial charge on any atom is -0.378 e. The van der Waals surface area contributed by atoms with Gasteiger partial charge in [-0.2, -0.15) is 4.98 Å². The van der Waals surface area contributed by atoms with Gasteiger partial charge in [-0.05, 0) is 50.2 Å². The second-order valence-corrected chi connectivity index (χ2v) is 9.10. The zero-order chi connectivity index (χ0) is 21.8. The summed E-state index contributed by atoms with van der Waals surface area (Å²) >= 11 is 0. The molecule has 0 radical (unpaired) electrons. The number of morpholine rings is 1. The predicted molar refractivity (Wildman–Crippen MR) is 122 cm³/mol. The molecule has 162 valence electrons. The van der Waals surface area contributed by atoms with Crippen LogP contribution in [0, 0.1) is 13.8 Å². The maximum Gasteiger partial charge on any atom is 0.261 e. The smallest absolute Gasteiger partial charge is 0.261 e. The maximum atomic E-state index is 12.6. The van der Waals surface area contributed by atoms with Crippen LogP contribution in [0.25, 0.3) is 0 Å². The number of ether oxygens (including phenoxy) is 1. The minimum atomic E-state index is -3.63. The Balaban J connectivity index is 1.46. The van der Waals surface area contributed by atoms with E-state index in [1.807, 2.05) is 19.9 Å². The summed E-state index contributed by atoms with van der Waals surface area (Å²) in [5, 5.41) is 3.27. The van der Waals surface area contributed by atoms with Gasteiger partial charge in [0.05, 0.1) is 18.1 Å². The predicted octanol–water partition coefficient (Wildman–Crippen LogP) is 3.47. The Hall–Kier alpha value is -3.17. The number of benzene rings is 2. The van der Waals surface area contributed by atoms with Crippen LogP contribution in [0.3, 0.4) is 0 Å². The zero-order valence-corrected chi connectivity index (χ0v) is 18.3. The van der Waals surface area contributed by atoms with Crippen molar-refractivity contribution in [2.24, 2.45) is 0 Å². The number of nitrogens with zero attached hydrogens (tertiary/aromatic N) is 3. The van der Waals surface area contributed by atoms with Crippen molar-refractivity contribution in [3.63, 3.8) is 0 Å². The van der Waals surface area contributed by atoms with Crippen LogP contribution in [0.15, 0.2) is 59.5 Å². The summed E-state index contributed by atoms with van der Waals surface area (Å²) in [5.41, 5.74) is 3.15. The lowest BCUT2D eigenvalue weighted by Gasteiger charge is -2.27. The first kappa shape index (κ1) is 21.1. The van der Waals surface area contributed by atoms with Gasteiger partial charge in [-0.1, -0.05) is 17.7 Å². The van der Waals surface area contributed by atoms with Gasteiger partial charge in [0.25, 0.3) is 10.0 Å². The van der Waals surface area contributed by atoms with Gasteiger partial charge in [-0.15, -0.1) is 0 Å². The van der Waals surface area contributed by atoms with E-state index >= 15 is 0 Å². The van der Waals surface area contributed by atoms with Crippen LogP contribution in [0.1, 0.15) is 11.3 Å². The van der Waals surface area contributed by atoms with E-state index in [-0.39, 0.29) is 4.90 Å². The summed E-state index contributed by atoms with van der Waals surface area (Å²) < 4.78 is 33.1. The molecule has 1 aliphatic heterocycles. The van der Waals surface area contributed by atoms with Gasteiger partial charge in [0, 0.05) is 36.2 Å². The minimum absolute atomic E-state index is 0.229. The fraction of sp³-hybridized carbons (Fsp3) is 0.273. The van der Waals surface area contributed by atoms with E-state index in [4.69, 9.17) is 4.74 Å². The molecule has 0 amide bonds. The summed E-state index contributed by atoms with van der Waals surface area (Å²) in [6.07, 6.45) is 0. The lowest BCUT2D eigenvalue weighted by molar-refractivity contribution is 0.122. The fourth-order valence-corrected chi connectivity index (χ4v) is 4.28. The van der Waals surface area contributed by atoms with Crippen molar-refractivity contribution < 1.29 is 13.2 Å². The van der Waals surface area contributed by atoms with Gasteiger partial charge >= 0.3 is 0 Å². The first-order chi connectivity index (χ1) is 14.9. The molecule has 1 aliphatic rings. The third-order valence-corrected chi connectivity index (χ3v) is 6.27. The SMILES string of the molecule is Cc1ccc(S(=O)(=O)Nc2ccc(Nc3cc(C)nc(N4CCOCC4)n3)cc2)cc1. The Morgan fingerprint density at radius 2 is 1.55 bits per heavy atom. The number of nitrogens with one attached hydrogen (secondary N) is 2. The van der Waals surface area contributed by atoms with Crippen LogP contribution in [-0.2, 0) is 14.8 Å². The lowest BCUT2D eigenvalue weighted by atomic mass is 10.2. The van der Waals surface area contributed by atoms with Crippen LogP contribution in [-0.4, -0.2) is 44.7 Å². The largest absolute Gasteiger partial charge is 0.378 e. The molecule has 3 aromatic rings. The van der Waals surface area contributed by atoms with Gasteiger partial charge in [-0.25, -0.2) is 13.4 Å². The zero-order valence-electron chi connectivity index (χ0n) is 17.5. The highest BCUT2D eigenvalue weighted by Crippen LogP contribution is 2.22. The molecule has 1 fully saturated rings. The molecule has 0 spiro atoms. The van der Waals surface area contributed by atoms with Crippen molar-refractivity contribution in [1.82, 2.24) is 9.97 Å². The van der Waals surface area contributed by atoms with Crippen LogP contribution in [0.2, 0.25) is 0 Å². The van der Waals surface area contributed by atoms with E-state index in [0.717, 1.165) is 30.0 Å². The van der Waals surface area contributed by atoms with Gasteiger partial charge in [-0.3, -0.25) is 4.72 Å². The van der Waals surface area contributed by atoms with E-state index in [1.54, 1.807) is 48.5 Å². The Morgan fingerprint density at radius 3 is 2.23 bits per heavy atom. The molecule has 0 unspecified atom stereocenters. The lowest BCUT2D eigenvalue weighted by Crippen LogP contribution is -2.37. The second-order valence-electron chi connectivity index (χ2n) is 7.41. The van der Waals surface area contributed by atoms with E-state index in [9.17, 15) is 8.42 Å². The molecule has 2 aromatic carbocycles. The number of hydrogen-bond donors (Lipinski definition) is 2. The molecule has 31 heavy (non-hydrogen) atoms. The summed E-state index contributed by atoms with van der Waals surface area (Å²) in [6.45, 7) is 6.70. The molecular formula is C22H25N5O3S. The average molecular weight is 440 g/mol. The van der Waals surface area contributed by atoms with E-state index in [1.165, 1.54) is 0 Å². The van der Waals surface area contributed by atoms with Crippen molar-refractivity contribution in [3.8, 4) is 0 Å². The van der Waals surface area contributed by atoms with Crippen LogP contribution in [0.4, 0.5) is 23.1 Å².